The summed E-state index contributed by atoms with van der Waals surface area (Å²) in [5, 5.41) is 6.60. The van der Waals surface area contributed by atoms with Crippen molar-refractivity contribution in [3.05, 3.63) is 6.33 Å². The summed E-state index contributed by atoms with van der Waals surface area (Å²) in [6, 6.07) is 0. The summed E-state index contributed by atoms with van der Waals surface area (Å²) in [4.78, 5) is 10.9. The molecule has 0 spiro atoms. The molecule has 0 saturated carbocycles. The van der Waals surface area contributed by atoms with Gasteiger partial charge in [-0.2, -0.15) is 0 Å². The summed E-state index contributed by atoms with van der Waals surface area (Å²) in [6.45, 7) is 11.5. The van der Waals surface area contributed by atoms with E-state index in [-0.39, 0.29) is 0 Å². The molecule has 0 radical (unpaired) electrons. The standard InChI is InChI=1S/C15H29N5O/c1-5-9-16-14-13(21-4)15(19-12-18-14)17-10-8-11-20(6-2)7-3/h12H,5-11H2,1-4H3,(H2,16,17,18,19). The van der Waals surface area contributed by atoms with Crippen LogP contribution in [0, 0.1) is 0 Å². The fourth-order valence-electron chi connectivity index (χ4n) is 2.11. The molecule has 0 bridgehead atoms. The van der Waals surface area contributed by atoms with Gasteiger partial charge >= 0.3 is 0 Å². The first-order chi connectivity index (χ1) is 10.3. The summed E-state index contributed by atoms with van der Waals surface area (Å²) in [5.74, 6) is 2.19. The van der Waals surface area contributed by atoms with Gasteiger partial charge in [0.05, 0.1) is 7.11 Å². The van der Waals surface area contributed by atoms with Crippen molar-refractivity contribution in [2.75, 3.05) is 50.5 Å². The average molecular weight is 295 g/mol. The maximum absolute atomic E-state index is 5.43. The van der Waals surface area contributed by atoms with Gasteiger partial charge in [-0.15, -0.1) is 0 Å². The molecule has 21 heavy (non-hydrogen) atoms. The van der Waals surface area contributed by atoms with Crippen molar-refractivity contribution < 1.29 is 4.74 Å². The molecule has 0 atom stereocenters. The minimum atomic E-state index is 0.689. The van der Waals surface area contributed by atoms with Gasteiger partial charge in [0, 0.05) is 13.1 Å². The molecule has 2 N–H and O–H groups in total. The first-order valence-corrected chi connectivity index (χ1v) is 7.85. The fraction of sp³-hybridized carbons (Fsp3) is 0.733. The van der Waals surface area contributed by atoms with Crippen LogP contribution in [0.2, 0.25) is 0 Å². The number of anilines is 2. The van der Waals surface area contributed by atoms with Gasteiger partial charge in [-0.1, -0.05) is 20.8 Å². The van der Waals surface area contributed by atoms with E-state index in [1.54, 1.807) is 13.4 Å². The second-order valence-corrected chi connectivity index (χ2v) is 4.84. The SMILES string of the molecule is CCCNc1ncnc(NCCCN(CC)CC)c1OC. The van der Waals surface area contributed by atoms with Gasteiger partial charge in [0.15, 0.2) is 11.6 Å². The van der Waals surface area contributed by atoms with E-state index in [4.69, 9.17) is 4.74 Å². The lowest BCUT2D eigenvalue weighted by atomic mass is 10.3. The molecule has 0 amide bonds. The monoisotopic (exact) mass is 295 g/mol. The maximum Gasteiger partial charge on any atom is 0.204 e. The third-order valence-corrected chi connectivity index (χ3v) is 3.39. The minimum Gasteiger partial charge on any atom is -0.490 e. The Morgan fingerprint density at radius 1 is 1.05 bits per heavy atom. The van der Waals surface area contributed by atoms with Crippen molar-refractivity contribution in [1.82, 2.24) is 14.9 Å². The van der Waals surface area contributed by atoms with Gasteiger partial charge in [0.25, 0.3) is 0 Å². The number of hydrogen-bond acceptors (Lipinski definition) is 6. The first kappa shape index (κ1) is 17.5. The van der Waals surface area contributed by atoms with Gasteiger partial charge in [0.1, 0.15) is 6.33 Å². The zero-order valence-electron chi connectivity index (χ0n) is 13.8. The summed E-state index contributed by atoms with van der Waals surface area (Å²) >= 11 is 0. The van der Waals surface area contributed by atoms with Gasteiger partial charge in [-0.3, -0.25) is 0 Å². The second kappa shape index (κ2) is 10.2. The Bertz CT molecular complexity index is 396. The molecule has 1 aromatic heterocycles. The van der Waals surface area contributed by atoms with Gasteiger partial charge in [-0.05, 0) is 32.5 Å². The van der Waals surface area contributed by atoms with Crippen molar-refractivity contribution in [3.63, 3.8) is 0 Å². The van der Waals surface area contributed by atoms with Gasteiger partial charge in [-0.25, -0.2) is 9.97 Å². The van der Waals surface area contributed by atoms with Crippen LogP contribution in [0.25, 0.3) is 0 Å². The maximum atomic E-state index is 5.43. The predicted molar refractivity (Wildman–Crippen MR) is 88.3 cm³/mol. The predicted octanol–water partition coefficient (Wildman–Crippen LogP) is 2.45. The zero-order chi connectivity index (χ0) is 15.5. The first-order valence-electron chi connectivity index (χ1n) is 7.85. The van der Waals surface area contributed by atoms with Crippen molar-refractivity contribution in [2.45, 2.75) is 33.6 Å². The molecule has 1 rings (SSSR count). The van der Waals surface area contributed by atoms with Crippen LogP contribution in [0.4, 0.5) is 11.6 Å². The molecule has 0 aromatic carbocycles. The van der Waals surface area contributed by atoms with Crippen molar-refractivity contribution in [3.8, 4) is 5.75 Å². The van der Waals surface area contributed by atoms with Crippen molar-refractivity contribution >= 4 is 11.6 Å². The molecule has 0 aliphatic rings. The minimum absolute atomic E-state index is 0.689. The number of aromatic nitrogens is 2. The van der Waals surface area contributed by atoms with E-state index in [9.17, 15) is 0 Å². The lowest BCUT2D eigenvalue weighted by Crippen LogP contribution is -2.25. The number of rotatable bonds is 11. The molecular formula is C15H29N5O. The molecule has 0 fully saturated rings. The van der Waals surface area contributed by atoms with Crippen LogP contribution in [0.15, 0.2) is 6.33 Å². The quantitative estimate of drug-likeness (QED) is 0.611. The van der Waals surface area contributed by atoms with Crippen LogP contribution >= 0.6 is 0 Å². The van der Waals surface area contributed by atoms with E-state index >= 15 is 0 Å². The highest BCUT2D eigenvalue weighted by Crippen LogP contribution is 2.28. The van der Waals surface area contributed by atoms with Crippen LogP contribution < -0.4 is 15.4 Å². The largest absolute Gasteiger partial charge is 0.490 e. The second-order valence-electron chi connectivity index (χ2n) is 4.84. The highest BCUT2D eigenvalue weighted by Gasteiger charge is 2.11. The van der Waals surface area contributed by atoms with Crippen LogP contribution in [-0.4, -0.2) is 54.7 Å². The Balaban J connectivity index is 2.54. The van der Waals surface area contributed by atoms with E-state index in [0.29, 0.717) is 5.75 Å². The highest BCUT2D eigenvalue weighted by molar-refractivity contribution is 5.63. The van der Waals surface area contributed by atoms with Crippen LogP contribution in [-0.2, 0) is 0 Å². The Hall–Kier alpha value is -1.56. The average Bonchev–Trinajstić information content (AvgIpc) is 2.53. The van der Waals surface area contributed by atoms with E-state index in [0.717, 1.165) is 57.2 Å². The summed E-state index contributed by atoms with van der Waals surface area (Å²) < 4.78 is 5.43. The fourth-order valence-corrected chi connectivity index (χ4v) is 2.11. The molecule has 0 aliphatic heterocycles. The number of methoxy groups -OCH3 is 1. The number of nitrogens with one attached hydrogen (secondary N) is 2. The Morgan fingerprint density at radius 2 is 1.67 bits per heavy atom. The molecule has 6 nitrogen and oxygen atoms in total. The third kappa shape index (κ3) is 5.75. The molecule has 0 unspecified atom stereocenters. The van der Waals surface area contributed by atoms with Gasteiger partial charge in [0.2, 0.25) is 5.75 Å². The van der Waals surface area contributed by atoms with Crippen LogP contribution in [0.5, 0.6) is 5.75 Å². The molecule has 120 valence electrons. The highest BCUT2D eigenvalue weighted by atomic mass is 16.5. The van der Waals surface area contributed by atoms with Gasteiger partial charge < -0.3 is 20.3 Å². The van der Waals surface area contributed by atoms with E-state index < -0.39 is 0 Å². The van der Waals surface area contributed by atoms with Crippen molar-refractivity contribution in [1.29, 1.82) is 0 Å². The van der Waals surface area contributed by atoms with E-state index in [1.807, 2.05) is 0 Å². The van der Waals surface area contributed by atoms with E-state index in [1.165, 1.54) is 0 Å². The summed E-state index contributed by atoms with van der Waals surface area (Å²) in [5.41, 5.74) is 0. The molecule has 0 aliphatic carbocycles. The number of hydrogen-bond donors (Lipinski definition) is 2. The molecule has 1 aromatic rings. The molecule has 0 saturated heterocycles. The smallest absolute Gasteiger partial charge is 0.204 e. The summed E-state index contributed by atoms with van der Waals surface area (Å²) in [6.07, 6.45) is 3.68. The lowest BCUT2D eigenvalue weighted by Gasteiger charge is -2.18. The Morgan fingerprint density at radius 3 is 2.19 bits per heavy atom. The lowest BCUT2D eigenvalue weighted by molar-refractivity contribution is 0.303. The van der Waals surface area contributed by atoms with Crippen LogP contribution in [0.3, 0.4) is 0 Å². The zero-order valence-corrected chi connectivity index (χ0v) is 13.8. The molecule has 1 heterocycles. The van der Waals surface area contributed by atoms with E-state index in [2.05, 4.69) is 46.3 Å². The Labute approximate surface area is 128 Å². The normalized spacial score (nSPS) is 10.7. The third-order valence-electron chi connectivity index (χ3n) is 3.39. The number of ether oxygens (including phenoxy) is 1. The summed E-state index contributed by atoms with van der Waals surface area (Å²) in [7, 11) is 1.65. The van der Waals surface area contributed by atoms with Crippen LogP contribution in [0.1, 0.15) is 33.6 Å². The molecule has 6 heteroatoms. The Kier molecular flexibility index (Phi) is 8.50. The molecular weight excluding hydrogens is 266 g/mol. The van der Waals surface area contributed by atoms with Crippen molar-refractivity contribution in [2.24, 2.45) is 0 Å². The topological polar surface area (TPSA) is 62.3 Å². The number of nitrogens with zero attached hydrogens (tertiary/aromatic N) is 3.